The monoisotopic (exact) mass is 588 g/mol. The minimum Gasteiger partial charge on any atom is -0.419 e. The van der Waals surface area contributed by atoms with Gasteiger partial charge in [0.15, 0.2) is 0 Å². The molecule has 4 fully saturated rings. The molecule has 4 N–H and O–H groups in total. The number of thioether (sulfide) groups is 2. The fourth-order valence-corrected chi connectivity index (χ4v) is 8.97. The molecule has 6 atom stereocenters. The lowest BCUT2D eigenvalue weighted by atomic mass is 9.96. The van der Waals surface area contributed by atoms with Gasteiger partial charge in [0.05, 0.1) is 15.6 Å². The van der Waals surface area contributed by atoms with Gasteiger partial charge in [0.2, 0.25) is 11.8 Å². The molecule has 4 heterocycles. The van der Waals surface area contributed by atoms with Gasteiger partial charge >= 0.3 is 11.9 Å². The van der Waals surface area contributed by atoms with Gasteiger partial charge in [-0.25, -0.2) is 9.59 Å². The maximum Gasteiger partial charge on any atom is 0.333 e. The van der Waals surface area contributed by atoms with Crippen molar-refractivity contribution in [3.8, 4) is 0 Å². The Morgan fingerprint density at radius 2 is 1.24 bits per heavy atom. The molecule has 1 aromatic rings. The molecule has 0 saturated carbocycles. The third-order valence-corrected chi connectivity index (χ3v) is 10.9. The van der Waals surface area contributed by atoms with Gasteiger partial charge in [-0.1, -0.05) is 29.3 Å². The number of hydrogen-bond donors (Lipinski definition) is 2. The molecule has 10 nitrogen and oxygen atoms in total. The Hall–Kier alpha value is -1.70. The van der Waals surface area contributed by atoms with Crippen LogP contribution in [0.1, 0.15) is 39.5 Å². The highest BCUT2D eigenvalue weighted by Crippen LogP contribution is 2.52. The molecule has 4 saturated heterocycles. The van der Waals surface area contributed by atoms with E-state index in [0.717, 1.165) is 0 Å². The fourth-order valence-electron chi connectivity index (χ4n) is 5.26. The van der Waals surface area contributed by atoms with E-state index in [9.17, 15) is 19.2 Å². The number of carbonyl (C=O) groups excluding carboxylic acids is 4. The highest BCUT2D eigenvalue weighted by atomic mass is 35.5. The largest absolute Gasteiger partial charge is 0.419 e. The van der Waals surface area contributed by atoms with Crippen LogP contribution in [0.15, 0.2) is 18.2 Å². The average Bonchev–Trinajstić information content (AvgIpc) is 3.23. The van der Waals surface area contributed by atoms with Crippen molar-refractivity contribution in [2.45, 2.75) is 78.4 Å². The lowest BCUT2D eigenvalue weighted by molar-refractivity contribution is -0.201. The van der Waals surface area contributed by atoms with Crippen LogP contribution in [0, 0.1) is 0 Å². The molecule has 1 aromatic carbocycles. The van der Waals surface area contributed by atoms with E-state index < -0.39 is 51.9 Å². The van der Waals surface area contributed by atoms with Crippen LogP contribution < -0.4 is 11.5 Å². The number of β-lactam (4-membered cyclic amide) rings is 2. The predicted molar refractivity (Wildman–Crippen MR) is 140 cm³/mol. The van der Waals surface area contributed by atoms with E-state index >= 15 is 0 Å². The predicted octanol–water partition coefficient (Wildman–Crippen LogP) is 1.86. The highest BCUT2D eigenvalue weighted by Gasteiger charge is 2.65. The van der Waals surface area contributed by atoms with Gasteiger partial charge in [0.1, 0.15) is 34.9 Å². The maximum absolute atomic E-state index is 13.5. The summed E-state index contributed by atoms with van der Waals surface area (Å²) in [7, 11) is 0. The Balaban J connectivity index is 1.44. The number of nitrogens with two attached hydrogens (primary N) is 2. The molecular formula is C23H26Cl2N4O6S2. The number of esters is 2. The summed E-state index contributed by atoms with van der Waals surface area (Å²) < 4.78 is 10.1. The standard InChI is InChI=1S/C23H26Cl2N4O6S2/c1-22(2)13(28-15(30)11(26)17(28)36-22)19(32)34-21(10-8(24)6-5-7-9(10)25)35-20(33)14-23(3,4)37-18-12(27)16(31)29(14)18/h5-7,11-14,17-18,21H,26-27H2,1-4H3/t11-,12-,13+,14+,17-,18-/m1/s1. The van der Waals surface area contributed by atoms with Crippen LogP contribution in [0.2, 0.25) is 10.0 Å². The van der Waals surface area contributed by atoms with Gasteiger partial charge in [-0.3, -0.25) is 9.59 Å². The van der Waals surface area contributed by atoms with E-state index in [1.807, 2.05) is 27.7 Å². The lowest BCUT2D eigenvalue weighted by Crippen LogP contribution is -2.69. The molecule has 5 rings (SSSR count). The highest BCUT2D eigenvalue weighted by molar-refractivity contribution is 8.02. The molecule has 14 heteroatoms. The SMILES string of the molecule is CC1(C)S[C@@H]2[C@H](N)C(=O)N2[C@H]1C(=O)OC(OC(=O)[C@@H]1N2C(=O)[C@@H](N)[C@H]2SC1(C)C)c1c(Cl)cccc1Cl. The minimum atomic E-state index is -1.63. The van der Waals surface area contributed by atoms with Crippen LogP contribution in [-0.4, -0.2) is 78.0 Å². The zero-order valence-corrected chi connectivity index (χ0v) is 23.5. The van der Waals surface area contributed by atoms with E-state index in [1.165, 1.54) is 45.5 Å². The van der Waals surface area contributed by atoms with Crippen molar-refractivity contribution in [1.82, 2.24) is 9.80 Å². The second-order valence-corrected chi connectivity index (χ2v) is 14.8. The Morgan fingerprint density at radius 1 is 0.865 bits per heavy atom. The summed E-state index contributed by atoms with van der Waals surface area (Å²) >= 11 is 15.6. The molecule has 200 valence electrons. The third kappa shape index (κ3) is 4.02. The van der Waals surface area contributed by atoms with Gasteiger partial charge in [0.25, 0.3) is 6.29 Å². The van der Waals surface area contributed by atoms with Crippen LogP contribution in [0.25, 0.3) is 0 Å². The number of ether oxygens (including phenoxy) is 2. The van der Waals surface area contributed by atoms with Crippen molar-refractivity contribution >= 4 is 70.5 Å². The van der Waals surface area contributed by atoms with Crippen molar-refractivity contribution in [2.75, 3.05) is 0 Å². The number of rotatable bonds is 5. The van der Waals surface area contributed by atoms with Crippen molar-refractivity contribution in [1.29, 1.82) is 0 Å². The zero-order chi connectivity index (χ0) is 27.2. The van der Waals surface area contributed by atoms with Gasteiger partial charge in [-0.05, 0) is 39.8 Å². The summed E-state index contributed by atoms with van der Waals surface area (Å²) in [4.78, 5) is 54.8. The van der Waals surface area contributed by atoms with Crippen LogP contribution in [-0.2, 0) is 28.7 Å². The van der Waals surface area contributed by atoms with E-state index in [0.29, 0.717) is 0 Å². The topological polar surface area (TPSA) is 145 Å². The van der Waals surface area contributed by atoms with Crippen LogP contribution in [0.5, 0.6) is 0 Å². The number of hydrogen-bond acceptors (Lipinski definition) is 10. The van der Waals surface area contributed by atoms with Crippen LogP contribution >= 0.6 is 46.7 Å². The molecule has 0 bridgehead atoms. The van der Waals surface area contributed by atoms with Crippen molar-refractivity contribution in [3.63, 3.8) is 0 Å². The summed E-state index contributed by atoms with van der Waals surface area (Å²) in [6, 6.07) is 1.27. The van der Waals surface area contributed by atoms with Crippen molar-refractivity contribution in [3.05, 3.63) is 33.8 Å². The Morgan fingerprint density at radius 3 is 1.62 bits per heavy atom. The van der Waals surface area contributed by atoms with E-state index in [2.05, 4.69) is 0 Å². The molecular weight excluding hydrogens is 563 g/mol. The Labute approximate surface area is 232 Å². The molecule has 0 spiro atoms. The summed E-state index contributed by atoms with van der Waals surface area (Å²) in [5.41, 5.74) is 11.9. The van der Waals surface area contributed by atoms with Gasteiger partial charge < -0.3 is 30.7 Å². The molecule has 37 heavy (non-hydrogen) atoms. The first-order valence-electron chi connectivity index (χ1n) is 11.5. The lowest BCUT2D eigenvalue weighted by Gasteiger charge is -2.42. The second kappa shape index (κ2) is 8.92. The summed E-state index contributed by atoms with van der Waals surface area (Å²) in [5.74, 6) is -2.32. The first kappa shape index (κ1) is 26.9. The first-order chi connectivity index (χ1) is 17.2. The van der Waals surface area contributed by atoms with Gasteiger partial charge in [0, 0.05) is 9.49 Å². The van der Waals surface area contributed by atoms with Crippen LogP contribution in [0.3, 0.4) is 0 Å². The van der Waals surface area contributed by atoms with E-state index in [4.69, 9.17) is 44.1 Å². The molecule has 2 amide bonds. The fraction of sp³-hybridized carbons (Fsp3) is 0.565. The summed E-state index contributed by atoms with van der Waals surface area (Å²) in [5, 5.41) is -0.504. The first-order valence-corrected chi connectivity index (χ1v) is 14.0. The average molecular weight is 590 g/mol. The number of carbonyl (C=O) groups is 4. The molecule has 4 aliphatic heterocycles. The molecule has 0 aliphatic carbocycles. The number of benzene rings is 1. The minimum absolute atomic E-state index is 0.0748. The van der Waals surface area contributed by atoms with E-state index in [-0.39, 0.29) is 38.2 Å². The van der Waals surface area contributed by atoms with E-state index in [1.54, 1.807) is 6.07 Å². The number of nitrogens with zero attached hydrogens (tertiary/aromatic N) is 2. The van der Waals surface area contributed by atoms with Crippen LogP contribution in [0.4, 0.5) is 0 Å². The number of fused-ring (bicyclic) bond motifs is 2. The van der Waals surface area contributed by atoms with Gasteiger partial charge in [-0.2, -0.15) is 0 Å². The van der Waals surface area contributed by atoms with Crippen molar-refractivity contribution < 1.29 is 28.7 Å². The quantitative estimate of drug-likeness (QED) is 0.297. The summed E-state index contributed by atoms with van der Waals surface area (Å²) in [6.45, 7) is 7.23. The molecule has 4 aliphatic rings. The Kier molecular flexibility index (Phi) is 6.48. The smallest absolute Gasteiger partial charge is 0.333 e. The normalized spacial score (nSPS) is 33.0. The maximum atomic E-state index is 13.5. The molecule has 0 radical (unpaired) electrons. The second-order valence-electron chi connectivity index (χ2n) is 10.4. The Bertz CT molecular complexity index is 1130. The number of halogens is 2. The molecule has 0 aromatic heterocycles. The van der Waals surface area contributed by atoms with Crippen molar-refractivity contribution in [2.24, 2.45) is 11.5 Å². The zero-order valence-electron chi connectivity index (χ0n) is 20.3. The van der Waals surface area contributed by atoms with Gasteiger partial charge in [-0.15, -0.1) is 23.5 Å². The third-order valence-electron chi connectivity index (χ3n) is 7.09. The summed E-state index contributed by atoms with van der Waals surface area (Å²) in [6.07, 6.45) is -1.63. The molecule has 0 unspecified atom stereocenters. The number of amides is 2.